The van der Waals surface area contributed by atoms with Crippen molar-refractivity contribution in [2.45, 2.75) is 65.7 Å². The third-order valence-electron chi connectivity index (χ3n) is 5.83. The number of hydrogen-bond acceptors (Lipinski definition) is 5. The predicted molar refractivity (Wildman–Crippen MR) is 145 cm³/mol. The van der Waals surface area contributed by atoms with Crippen LogP contribution in [0.2, 0.25) is 0 Å². The number of nitrogens with one attached hydrogen (secondary N) is 3. The molecule has 1 unspecified atom stereocenters. The Hall–Kier alpha value is -1.40. The third kappa shape index (κ3) is 10.5. The smallest absolute Gasteiger partial charge is 0.0589 e. The molecule has 5 heteroatoms. The topological polar surface area (TPSA) is 39.3 Å². The number of hydrazine groups is 1. The molecule has 1 fully saturated rings. The Morgan fingerprint density at radius 2 is 1.91 bits per heavy atom. The number of fused-ring (bicyclic) bond motifs is 1. The SMILES string of the molecule is C=C(NCCCC)c1c(C)sc2c1CC(C(=C)C)CC2.C=CC1CC1.CNCNN(C)C. The fourth-order valence-corrected chi connectivity index (χ4v) is 4.86. The largest absolute Gasteiger partial charge is 0.385 e. The molecule has 4 nitrogen and oxygen atoms in total. The second-order valence-electron chi connectivity index (χ2n) is 9.14. The minimum atomic E-state index is 0.652. The van der Waals surface area contributed by atoms with Crippen molar-refractivity contribution in [1.29, 1.82) is 0 Å². The van der Waals surface area contributed by atoms with E-state index >= 15 is 0 Å². The van der Waals surface area contributed by atoms with Crippen molar-refractivity contribution in [3.05, 3.63) is 52.3 Å². The first-order valence-electron chi connectivity index (χ1n) is 12.1. The molecule has 0 bridgehead atoms. The Labute approximate surface area is 202 Å². The van der Waals surface area contributed by atoms with Gasteiger partial charge in [-0.2, -0.15) is 0 Å². The fourth-order valence-electron chi connectivity index (χ4n) is 3.61. The van der Waals surface area contributed by atoms with Crippen molar-refractivity contribution in [1.82, 2.24) is 21.1 Å². The van der Waals surface area contributed by atoms with E-state index in [0.29, 0.717) is 5.92 Å². The van der Waals surface area contributed by atoms with Crippen molar-refractivity contribution in [3.8, 4) is 0 Å². The molecular weight excluding hydrogens is 412 g/mol. The molecule has 0 aliphatic heterocycles. The lowest BCUT2D eigenvalue weighted by molar-refractivity contribution is 0.282. The highest BCUT2D eigenvalue weighted by molar-refractivity contribution is 7.12. The molecule has 1 atom stereocenters. The maximum absolute atomic E-state index is 4.28. The van der Waals surface area contributed by atoms with Crippen LogP contribution in [0.4, 0.5) is 0 Å². The van der Waals surface area contributed by atoms with Crippen LogP contribution in [0.15, 0.2) is 31.4 Å². The molecule has 182 valence electrons. The minimum absolute atomic E-state index is 0.652. The lowest BCUT2D eigenvalue weighted by atomic mass is 9.82. The molecule has 3 rings (SSSR count). The molecule has 0 saturated heterocycles. The van der Waals surface area contributed by atoms with E-state index in [0.717, 1.165) is 31.2 Å². The Kier molecular flexibility index (Phi) is 13.8. The molecule has 0 amide bonds. The summed E-state index contributed by atoms with van der Waals surface area (Å²) in [6, 6.07) is 0. The zero-order valence-corrected chi connectivity index (χ0v) is 22.4. The van der Waals surface area contributed by atoms with Gasteiger partial charge in [0, 0.05) is 41.7 Å². The molecule has 32 heavy (non-hydrogen) atoms. The lowest BCUT2D eigenvalue weighted by Crippen LogP contribution is -2.36. The molecular formula is C27H48N4S. The van der Waals surface area contributed by atoms with E-state index in [1.807, 2.05) is 43.6 Å². The fraction of sp³-hybridized carbons (Fsp3) is 0.630. The highest BCUT2D eigenvalue weighted by atomic mass is 32.1. The molecule has 0 aromatic carbocycles. The molecule has 1 aromatic rings. The van der Waals surface area contributed by atoms with Crippen LogP contribution < -0.4 is 16.1 Å². The highest BCUT2D eigenvalue weighted by Gasteiger charge is 2.25. The summed E-state index contributed by atoms with van der Waals surface area (Å²) >= 11 is 1.97. The zero-order valence-electron chi connectivity index (χ0n) is 21.6. The van der Waals surface area contributed by atoms with Crippen molar-refractivity contribution in [2.24, 2.45) is 11.8 Å². The van der Waals surface area contributed by atoms with Gasteiger partial charge in [-0.15, -0.1) is 17.9 Å². The van der Waals surface area contributed by atoms with E-state index < -0.39 is 0 Å². The molecule has 1 aromatic heterocycles. The van der Waals surface area contributed by atoms with Gasteiger partial charge in [-0.1, -0.05) is 38.2 Å². The second-order valence-corrected chi connectivity index (χ2v) is 10.4. The maximum Gasteiger partial charge on any atom is 0.0589 e. The molecule has 0 spiro atoms. The van der Waals surface area contributed by atoms with Gasteiger partial charge in [0.05, 0.1) is 6.67 Å². The summed E-state index contributed by atoms with van der Waals surface area (Å²) in [6.07, 6.45) is 10.9. The van der Waals surface area contributed by atoms with Gasteiger partial charge in [0.2, 0.25) is 0 Å². The Bertz CT molecular complexity index is 715. The Balaban J connectivity index is 0.000000348. The summed E-state index contributed by atoms with van der Waals surface area (Å²) < 4.78 is 0. The number of rotatable bonds is 10. The van der Waals surface area contributed by atoms with Crippen LogP contribution in [0.3, 0.4) is 0 Å². The van der Waals surface area contributed by atoms with Crippen LogP contribution >= 0.6 is 11.3 Å². The molecule has 3 N–H and O–H groups in total. The van der Waals surface area contributed by atoms with Crippen LogP contribution in [-0.4, -0.2) is 39.4 Å². The first-order valence-corrected chi connectivity index (χ1v) is 12.9. The molecule has 2 aliphatic carbocycles. The van der Waals surface area contributed by atoms with Crippen LogP contribution in [-0.2, 0) is 12.8 Å². The van der Waals surface area contributed by atoms with Gasteiger partial charge in [-0.05, 0) is 76.8 Å². The summed E-state index contributed by atoms with van der Waals surface area (Å²) in [7, 11) is 5.81. The van der Waals surface area contributed by atoms with Gasteiger partial charge in [0.25, 0.3) is 0 Å². The first kappa shape index (κ1) is 28.6. The van der Waals surface area contributed by atoms with Gasteiger partial charge in [-0.25, -0.2) is 10.4 Å². The first-order chi connectivity index (χ1) is 15.2. The van der Waals surface area contributed by atoms with E-state index in [1.54, 1.807) is 10.4 Å². The zero-order chi connectivity index (χ0) is 24.1. The van der Waals surface area contributed by atoms with Gasteiger partial charge in [0.1, 0.15) is 0 Å². The number of hydrogen-bond donors (Lipinski definition) is 3. The number of thiophene rings is 1. The normalized spacial score (nSPS) is 16.8. The molecule has 1 saturated carbocycles. The summed E-state index contributed by atoms with van der Waals surface area (Å²) in [4.78, 5) is 3.00. The van der Waals surface area contributed by atoms with Gasteiger partial charge in [0.15, 0.2) is 0 Å². The summed E-state index contributed by atoms with van der Waals surface area (Å²) in [5, 5.41) is 8.36. The average Bonchev–Trinajstić information content (AvgIpc) is 3.53. The number of aryl methyl sites for hydroxylation is 2. The Morgan fingerprint density at radius 3 is 2.34 bits per heavy atom. The molecule has 0 radical (unpaired) electrons. The average molecular weight is 461 g/mol. The number of nitrogens with zero attached hydrogens (tertiary/aromatic N) is 1. The van der Waals surface area contributed by atoms with E-state index in [1.165, 1.54) is 54.5 Å². The Morgan fingerprint density at radius 1 is 1.22 bits per heavy atom. The standard InChI is InChI=1S/C18H27NS.C5H8.C4H13N3/c1-6-7-10-19-13(4)18-14(5)20-17-9-8-15(12(2)3)11-16(17)18;1-2-5-3-4-5;1-5-4-6-7(2)3/h15,19H,2,4,6-11H2,1,3,5H3;2,5H,1,3-4H2;5-6H,4H2,1-3H3. The highest BCUT2D eigenvalue weighted by Crippen LogP contribution is 2.39. The van der Waals surface area contributed by atoms with Crippen LogP contribution in [0.25, 0.3) is 5.70 Å². The summed E-state index contributed by atoms with van der Waals surface area (Å²) in [5.74, 6) is 1.55. The lowest BCUT2D eigenvalue weighted by Gasteiger charge is -2.24. The van der Waals surface area contributed by atoms with E-state index in [-0.39, 0.29) is 0 Å². The predicted octanol–water partition coefficient (Wildman–Crippen LogP) is 5.91. The van der Waals surface area contributed by atoms with Gasteiger partial charge >= 0.3 is 0 Å². The van der Waals surface area contributed by atoms with Crippen LogP contribution in [0.1, 0.15) is 66.8 Å². The molecule has 2 aliphatic rings. The number of allylic oxidation sites excluding steroid dienone is 2. The van der Waals surface area contributed by atoms with E-state index in [4.69, 9.17) is 0 Å². The minimum Gasteiger partial charge on any atom is -0.385 e. The van der Waals surface area contributed by atoms with Crippen molar-refractivity contribution in [2.75, 3.05) is 34.4 Å². The van der Waals surface area contributed by atoms with Crippen LogP contribution in [0, 0.1) is 18.8 Å². The summed E-state index contributed by atoms with van der Waals surface area (Å²) in [5.41, 5.74) is 8.40. The van der Waals surface area contributed by atoms with Crippen LogP contribution in [0.5, 0.6) is 0 Å². The molecule has 1 heterocycles. The van der Waals surface area contributed by atoms with Crippen molar-refractivity contribution >= 4 is 17.0 Å². The van der Waals surface area contributed by atoms with Crippen molar-refractivity contribution in [3.63, 3.8) is 0 Å². The second kappa shape index (κ2) is 15.4. The van der Waals surface area contributed by atoms with E-state index in [2.05, 4.69) is 56.6 Å². The monoisotopic (exact) mass is 460 g/mol. The third-order valence-corrected chi connectivity index (χ3v) is 7.04. The maximum atomic E-state index is 4.28. The quantitative estimate of drug-likeness (QED) is 0.176. The number of unbranched alkanes of at least 4 members (excludes halogenated alkanes) is 1. The van der Waals surface area contributed by atoms with Gasteiger partial charge < -0.3 is 10.6 Å². The summed E-state index contributed by atoms with van der Waals surface area (Å²) in [6.45, 7) is 20.5. The van der Waals surface area contributed by atoms with Crippen molar-refractivity contribution < 1.29 is 0 Å². The van der Waals surface area contributed by atoms with E-state index in [9.17, 15) is 0 Å². The van der Waals surface area contributed by atoms with Gasteiger partial charge in [-0.3, -0.25) is 0 Å².